The van der Waals surface area contributed by atoms with Gasteiger partial charge >= 0.3 is 0 Å². The van der Waals surface area contributed by atoms with Gasteiger partial charge in [0.05, 0.1) is 12.5 Å². The van der Waals surface area contributed by atoms with Crippen LogP contribution < -0.4 is 4.90 Å². The van der Waals surface area contributed by atoms with E-state index in [0.717, 1.165) is 5.56 Å². The summed E-state index contributed by atoms with van der Waals surface area (Å²) in [5.74, 6) is 0. The van der Waals surface area contributed by atoms with E-state index in [-0.39, 0.29) is 0 Å². The maximum absolute atomic E-state index is 8.70. The van der Waals surface area contributed by atoms with Crippen LogP contribution in [0.4, 0.5) is 5.69 Å². The van der Waals surface area contributed by atoms with Gasteiger partial charge in [0.2, 0.25) is 0 Å². The lowest BCUT2D eigenvalue weighted by Gasteiger charge is -2.29. The Balaban J connectivity index is 2.17. The fourth-order valence-corrected chi connectivity index (χ4v) is 2.31. The Morgan fingerprint density at radius 3 is 2.62 bits per heavy atom. The molecule has 1 saturated heterocycles. The number of hydrogen-bond acceptors (Lipinski definition) is 2. The van der Waals surface area contributed by atoms with Gasteiger partial charge in [0.15, 0.2) is 0 Å². The lowest BCUT2D eigenvalue weighted by molar-refractivity contribution is 0.578. The van der Waals surface area contributed by atoms with E-state index >= 15 is 0 Å². The van der Waals surface area contributed by atoms with Crippen molar-refractivity contribution in [3.05, 3.63) is 29.3 Å². The summed E-state index contributed by atoms with van der Waals surface area (Å²) in [5.41, 5.74) is 3.71. The van der Waals surface area contributed by atoms with E-state index in [1.54, 1.807) is 0 Å². The van der Waals surface area contributed by atoms with E-state index in [4.69, 9.17) is 5.26 Å². The first-order valence-electron chi connectivity index (χ1n) is 6.02. The quantitative estimate of drug-likeness (QED) is 0.756. The maximum atomic E-state index is 8.70. The molecule has 2 rings (SSSR count). The fraction of sp³-hybridized carbons (Fsp3) is 0.500. The number of hydrogen-bond donors (Lipinski definition) is 0. The van der Waals surface area contributed by atoms with Gasteiger partial charge in [-0.1, -0.05) is 6.07 Å². The number of piperidine rings is 1. The summed E-state index contributed by atoms with van der Waals surface area (Å²) in [6.07, 6.45) is 4.49. The second-order valence-electron chi connectivity index (χ2n) is 4.49. The molecule has 1 heterocycles. The van der Waals surface area contributed by atoms with Crippen LogP contribution >= 0.6 is 0 Å². The summed E-state index contributed by atoms with van der Waals surface area (Å²) >= 11 is 0. The number of benzene rings is 1. The first-order chi connectivity index (χ1) is 7.81. The van der Waals surface area contributed by atoms with Crippen LogP contribution in [-0.4, -0.2) is 13.1 Å². The molecule has 16 heavy (non-hydrogen) atoms. The number of nitrogens with zero attached hydrogens (tertiary/aromatic N) is 2. The molecule has 84 valence electrons. The Hall–Kier alpha value is -1.49. The molecular formula is C14H18N2. The first kappa shape index (κ1) is 11.0. The Morgan fingerprint density at radius 2 is 2.00 bits per heavy atom. The van der Waals surface area contributed by atoms with Gasteiger partial charge in [-0.05, 0) is 49.4 Å². The van der Waals surface area contributed by atoms with Crippen molar-refractivity contribution in [2.24, 2.45) is 0 Å². The summed E-state index contributed by atoms with van der Waals surface area (Å²) < 4.78 is 0. The zero-order valence-corrected chi connectivity index (χ0v) is 9.87. The van der Waals surface area contributed by atoms with Crippen molar-refractivity contribution < 1.29 is 0 Å². The molecule has 0 saturated carbocycles. The van der Waals surface area contributed by atoms with E-state index in [1.807, 2.05) is 0 Å². The number of anilines is 1. The minimum Gasteiger partial charge on any atom is -0.372 e. The highest BCUT2D eigenvalue weighted by Gasteiger charge is 2.11. The van der Waals surface area contributed by atoms with E-state index < -0.39 is 0 Å². The fourth-order valence-electron chi connectivity index (χ4n) is 2.31. The maximum Gasteiger partial charge on any atom is 0.0669 e. The zero-order valence-electron chi connectivity index (χ0n) is 9.87. The molecule has 1 aromatic carbocycles. The van der Waals surface area contributed by atoms with Crippen LogP contribution in [0.2, 0.25) is 0 Å². The molecule has 0 bridgehead atoms. The van der Waals surface area contributed by atoms with Crippen molar-refractivity contribution in [1.82, 2.24) is 0 Å². The van der Waals surface area contributed by atoms with Crippen molar-refractivity contribution >= 4 is 5.69 Å². The molecule has 0 aromatic heterocycles. The van der Waals surface area contributed by atoms with Crippen LogP contribution in [0.5, 0.6) is 0 Å². The van der Waals surface area contributed by atoms with Gasteiger partial charge in [-0.25, -0.2) is 0 Å². The molecule has 0 spiro atoms. The molecule has 0 atom stereocenters. The number of rotatable bonds is 2. The van der Waals surface area contributed by atoms with Gasteiger partial charge in [0.1, 0.15) is 0 Å². The topological polar surface area (TPSA) is 27.0 Å². The number of nitriles is 1. The van der Waals surface area contributed by atoms with Gasteiger partial charge in [0, 0.05) is 18.8 Å². The van der Waals surface area contributed by atoms with Crippen molar-refractivity contribution in [2.75, 3.05) is 18.0 Å². The van der Waals surface area contributed by atoms with E-state index in [1.165, 1.54) is 43.6 Å². The summed E-state index contributed by atoms with van der Waals surface area (Å²) in [4.78, 5) is 2.45. The van der Waals surface area contributed by atoms with Crippen molar-refractivity contribution in [3.8, 4) is 6.07 Å². The summed E-state index contributed by atoms with van der Waals surface area (Å²) in [6, 6.07) is 8.69. The third-order valence-electron chi connectivity index (χ3n) is 3.32. The summed E-state index contributed by atoms with van der Waals surface area (Å²) in [7, 11) is 0. The highest BCUT2D eigenvalue weighted by molar-refractivity contribution is 5.51. The van der Waals surface area contributed by atoms with Gasteiger partial charge in [-0.3, -0.25) is 0 Å². The molecule has 1 aromatic rings. The Labute approximate surface area is 97.5 Å². The summed E-state index contributed by atoms with van der Waals surface area (Å²) in [5, 5.41) is 8.70. The van der Waals surface area contributed by atoms with Gasteiger partial charge < -0.3 is 4.90 Å². The predicted molar refractivity (Wildman–Crippen MR) is 66.6 cm³/mol. The molecule has 0 N–H and O–H groups in total. The van der Waals surface area contributed by atoms with E-state index in [2.05, 4.69) is 36.1 Å². The van der Waals surface area contributed by atoms with Crippen LogP contribution in [0.3, 0.4) is 0 Å². The molecule has 0 radical (unpaired) electrons. The van der Waals surface area contributed by atoms with Gasteiger partial charge in [0.25, 0.3) is 0 Å². The number of aryl methyl sites for hydroxylation is 1. The molecule has 1 fully saturated rings. The Bertz CT molecular complexity index is 398. The monoisotopic (exact) mass is 214 g/mol. The predicted octanol–water partition coefficient (Wildman–Crippen LogP) is 3.05. The smallest absolute Gasteiger partial charge is 0.0669 e. The highest BCUT2D eigenvalue weighted by Crippen LogP contribution is 2.22. The standard InChI is InChI=1S/C14H18N2/c1-12-11-14(6-5-13(12)7-8-15)16-9-3-2-4-10-16/h5-6,11H,2-4,7,9-10H2,1H3. The minimum absolute atomic E-state index is 0.520. The van der Waals surface area contributed by atoms with Crippen molar-refractivity contribution in [3.63, 3.8) is 0 Å². The molecule has 2 heteroatoms. The molecule has 0 amide bonds. The van der Waals surface area contributed by atoms with Crippen LogP contribution in [0.25, 0.3) is 0 Å². The average molecular weight is 214 g/mol. The van der Waals surface area contributed by atoms with Crippen LogP contribution in [0.15, 0.2) is 18.2 Å². The van der Waals surface area contributed by atoms with Gasteiger partial charge in [-0.15, -0.1) is 0 Å². The third kappa shape index (κ3) is 2.36. The lowest BCUT2D eigenvalue weighted by Crippen LogP contribution is -2.29. The van der Waals surface area contributed by atoms with Crippen LogP contribution in [0, 0.1) is 18.3 Å². The molecule has 0 aliphatic carbocycles. The van der Waals surface area contributed by atoms with Gasteiger partial charge in [-0.2, -0.15) is 5.26 Å². The van der Waals surface area contributed by atoms with Crippen LogP contribution in [-0.2, 0) is 6.42 Å². The Kier molecular flexibility index (Phi) is 3.46. The van der Waals surface area contributed by atoms with E-state index in [9.17, 15) is 0 Å². The molecule has 2 nitrogen and oxygen atoms in total. The molecule has 1 aliphatic heterocycles. The molecule has 0 unspecified atom stereocenters. The lowest BCUT2D eigenvalue weighted by atomic mass is 10.0. The average Bonchev–Trinajstić information content (AvgIpc) is 2.33. The summed E-state index contributed by atoms with van der Waals surface area (Å²) in [6.45, 7) is 4.45. The minimum atomic E-state index is 0.520. The highest BCUT2D eigenvalue weighted by atomic mass is 15.1. The first-order valence-corrected chi connectivity index (χ1v) is 6.02. The second kappa shape index (κ2) is 5.03. The Morgan fingerprint density at radius 1 is 1.25 bits per heavy atom. The normalized spacial score (nSPS) is 15.9. The third-order valence-corrected chi connectivity index (χ3v) is 3.32. The van der Waals surface area contributed by atoms with Crippen molar-refractivity contribution in [1.29, 1.82) is 5.26 Å². The van der Waals surface area contributed by atoms with Crippen molar-refractivity contribution in [2.45, 2.75) is 32.6 Å². The largest absolute Gasteiger partial charge is 0.372 e. The zero-order chi connectivity index (χ0) is 11.4. The van der Waals surface area contributed by atoms with Crippen LogP contribution in [0.1, 0.15) is 30.4 Å². The molecular weight excluding hydrogens is 196 g/mol. The second-order valence-corrected chi connectivity index (χ2v) is 4.49. The molecule has 1 aliphatic rings. The van der Waals surface area contributed by atoms with E-state index in [0.29, 0.717) is 6.42 Å². The SMILES string of the molecule is Cc1cc(N2CCCCC2)ccc1CC#N.